The number of halogens is 1. The number of thioether (sulfide) groups is 1. The molecule has 10 heteroatoms. The van der Waals surface area contributed by atoms with E-state index in [1.54, 1.807) is 12.1 Å². The molecule has 0 bridgehead atoms. The van der Waals surface area contributed by atoms with Crippen molar-refractivity contribution in [3.63, 3.8) is 0 Å². The van der Waals surface area contributed by atoms with Crippen molar-refractivity contribution in [3.05, 3.63) is 94.0 Å². The van der Waals surface area contributed by atoms with E-state index in [9.17, 15) is 14.4 Å². The molecule has 6 rings (SSSR count). The van der Waals surface area contributed by atoms with Gasteiger partial charge in [0.2, 0.25) is 12.1 Å². The Balaban J connectivity index is 1.24. The van der Waals surface area contributed by atoms with Crippen LogP contribution in [0.15, 0.2) is 82.4 Å². The molecule has 0 saturated carbocycles. The first-order valence-corrected chi connectivity index (χ1v) is 13.3. The molecule has 3 heterocycles. The van der Waals surface area contributed by atoms with Crippen LogP contribution in [-0.2, 0) is 9.59 Å². The maximum Gasteiger partial charge on any atom is 0.312 e. The van der Waals surface area contributed by atoms with Gasteiger partial charge in [-0.1, -0.05) is 64.1 Å². The van der Waals surface area contributed by atoms with E-state index in [-0.39, 0.29) is 12.5 Å². The highest BCUT2D eigenvalue weighted by molar-refractivity contribution is 9.10. The van der Waals surface area contributed by atoms with Gasteiger partial charge in [-0.2, -0.15) is 5.10 Å². The Hall–Kier alpha value is -3.63. The Morgan fingerprint density at radius 1 is 1.11 bits per heavy atom. The first kappa shape index (κ1) is 23.7. The molecule has 8 nitrogen and oxygen atoms in total. The van der Waals surface area contributed by atoms with Crippen molar-refractivity contribution in [2.45, 2.75) is 30.4 Å². The fraction of sp³-hybridized carbons (Fsp3) is 0.185. The zero-order valence-electron chi connectivity index (χ0n) is 19.3. The number of esters is 1. The van der Waals surface area contributed by atoms with Crippen LogP contribution in [0.4, 0.5) is 4.79 Å². The van der Waals surface area contributed by atoms with Crippen molar-refractivity contribution in [1.29, 1.82) is 0 Å². The molecule has 1 fully saturated rings. The Morgan fingerprint density at radius 3 is 2.62 bits per heavy atom. The van der Waals surface area contributed by atoms with E-state index >= 15 is 0 Å². The topological polar surface area (TPSA) is 97.3 Å². The van der Waals surface area contributed by atoms with Gasteiger partial charge in [0.05, 0.1) is 18.2 Å². The molecule has 0 spiro atoms. The number of rotatable bonds is 5. The molecule has 0 aromatic heterocycles. The number of amides is 2. The third kappa shape index (κ3) is 4.74. The van der Waals surface area contributed by atoms with E-state index in [1.807, 2.05) is 47.5 Å². The summed E-state index contributed by atoms with van der Waals surface area (Å²) in [5.41, 5.74) is 4.00. The number of nitrogens with one attached hydrogen (secondary N) is 1. The Kier molecular flexibility index (Phi) is 6.21. The van der Waals surface area contributed by atoms with Gasteiger partial charge in [-0.05, 0) is 42.0 Å². The van der Waals surface area contributed by atoms with Crippen LogP contribution >= 0.6 is 27.7 Å². The van der Waals surface area contributed by atoms with Gasteiger partial charge in [-0.3, -0.25) is 19.7 Å². The highest BCUT2D eigenvalue weighted by atomic mass is 79.9. The Labute approximate surface area is 225 Å². The second-order valence-electron chi connectivity index (χ2n) is 8.80. The van der Waals surface area contributed by atoms with Crippen molar-refractivity contribution in [2.75, 3.05) is 0 Å². The number of hydrogen-bond acceptors (Lipinski definition) is 8. The molecule has 37 heavy (non-hydrogen) atoms. The van der Waals surface area contributed by atoms with E-state index in [4.69, 9.17) is 14.6 Å². The molecule has 186 valence electrons. The normalized spacial score (nSPS) is 22.0. The quantitative estimate of drug-likeness (QED) is 0.323. The van der Waals surface area contributed by atoms with Gasteiger partial charge in [-0.25, -0.2) is 5.01 Å². The fourth-order valence-electron chi connectivity index (χ4n) is 4.63. The molecular weight excluding hydrogens is 558 g/mol. The summed E-state index contributed by atoms with van der Waals surface area (Å²) in [6.45, 7) is 0. The lowest BCUT2D eigenvalue weighted by Crippen LogP contribution is -2.33. The smallest absolute Gasteiger partial charge is 0.312 e. The van der Waals surface area contributed by atoms with Crippen LogP contribution in [0, 0.1) is 0 Å². The van der Waals surface area contributed by atoms with Crippen LogP contribution in [-0.4, -0.2) is 33.1 Å². The first-order chi connectivity index (χ1) is 17.9. The van der Waals surface area contributed by atoms with Crippen LogP contribution in [0.25, 0.3) is 0 Å². The number of benzene rings is 3. The zero-order chi connectivity index (χ0) is 25.5. The van der Waals surface area contributed by atoms with Gasteiger partial charge in [-0.15, -0.1) is 0 Å². The molecule has 3 aromatic carbocycles. The minimum absolute atomic E-state index is 0.0207. The van der Waals surface area contributed by atoms with Gasteiger partial charge in [0.25, 0.3) is 5.24 Å². The lowest BCUT2D eigenvalue weighted by atomic mass is 9.96. The summed E-state index contributed by atoms with van der Waals surface area (Å²) >= 11 is 4.34. The van der Waals surface area contributed by atoms with Crippen molar-refractivity contribution in [1.82, 2.24) is 10.3 Å². The number of carbonyl (C=O) groups is 3. The van der Waals surface area contributed by atoms with Crippen LogP contribution in [0.3, 0.4) is 0 Å². The Bertz CT molecular complexity index is 1430. The summed E-state index contributed by atoms with van der Waals surface area (Å²) in [6, 6.07) is 23.2. The molecule has 0 radical (unpaired) electrons. The maximum atomic E-state index is 12.3. The predicted molar refractivity (Wildman–Crippen MR) is 141 cm³/mol. The van der Waals surface area contributed by atoms with Crippen molar-refractivity contribution in [3.8, 4) is 11.5 Å². The monoisotopic (exact) mass is 577 g/mol. The minimum atomic E-state index is -0.766. The molecule has 3 atom stereocenters. The largest absolute Gasteiger partial charge is 0.464 e. The number of ether oxygens (including phenoxy) is 2. The van der Waals surface area contributed by atoms with Crippen molar-refractivity contribution >= 4 is 50.5 Å². The van der Waals surface area contributed by atoms with E-state index in [2.05, 4.69) is 39.4 Å². The second kappa shape index (κ2) is 9.68. The van der Waals surface area contributed by atoms with Crippen LogP contribution < -0.4 is 14.8 Å². The number of hydrogen-bond donors (Lipinski definition) is 1. The van der Waals surface area contributed by atoms with E-state index in [1.165, 1.54) is 0 Å². The molecule has 2 amide bonds. The zero-order valence-corrected chi connectivity index (χ0v) is 21.7. The fourth-order valence-corrected chi connectivity index (χ4v) is 5.78. The van der Waals surface area contributed by atoms with Gasteiger partial charge in [0.1, 0.15) is 16.7 Å². The van der Waals surface area contributed by atoms with Gasteiger partial charge in [0.15, 0.2) is 0 Å². The lowest BCUT2D eigenvalue weighted by Gasteiger charge is -2.38. The lowest BCUT2D eigenvalue weighted by molar-refractivity contribution is -0.135. The average Bonchev–Trinajstić information content (AvgIpc) is 3.47. The minimum Gasteiger partial charge on any atom is -0.464 e. The van der Waals surface area contributed by atoms with E-state index < -0.39 is 28.6 Å². The molecule has 3 aliphatic heterocycles. The predicted octanol–water partition coefficient (Wildman–Crippen LogP) is 5.34. The first-order valence-electron chi connectivity index (χ1n) is 11.6. The molecule has 3 aromatic rings. The van der Waals surface area contributed by atoms with Crippen molar-refractivity contribution < 1.29 is 23.9 Å². The second-order valence-corrected chi connectivity index (χ2v) is 10.9. The summed E-state index contributed by atoms with van der Waals surface area (Å²) in [5.74, 6) is 0.0789. The molecule has 3 aliphatic rings. The van der Waals surface area contributed by atoms with E-state index in [0.29, 0.717) is 5.75 Å². The van der Waals surface area contributed by atoms with Gasteiger partial charge in [0, 0.05) is 22.0 Å². The number of carbonyl (C=O) groups excluding carboxylic acids is 3. The summed E-state index contributed by atoms with van der Waals surface area (Å²) in [6.07, 6.45) is 0.0967. The number of imide groups is 1. The number of nitrogens with zero attached hydrogens (tertiary/aromatic N) is 2. The van der Waals surface area contributed by atoms with Gasteiger partial charge >= 0.3 is 5.97 Å². The average molecular weight is 578 g/mol. The molecule has 1 saturated heterocycles. The van der Waals surface area contributed by atoms with Crippen LogP contribution in [0.5, 0.6) is 11.5 Å². The SMILES string of the molecule is O=C(CC1SC(=O)NC1=O)Oc1ccc(C2Oc3cc(Br)ccc3C3CC(c4ccccc4)=NN32)cc1. The van der Waals surface area contributed by atoms with Crippen molar-refractivity contribution in [2.24, 2.45) is 5.10 Å². The summed E-state index contributed by atoms with van der Waals surface area (Å²) in [7, 11) is 0. The molecule has 0 aliphatic carbocycles. The number of fused-ring (bicyclic) bond motifs is 3. The van der Waals surface area contributed by atoms with Gasteiger partial charge < -0.3 is 9.47 Å². The van der Waals surface area contributed by atoms with Crippen LogP contribution in [0.2, 0.25) is 0 Å². The number of hydrazone groups is 1. The molecule has 1 N–H and O–H groups in total. The summed E-state index contributed by atoms with van der Waals surface area (Å²) in [5, 5.41) is 7.90. The third-order valence-electron chi connectivity index (χ3n) is 6.38. The standard InChI is InChI=1S/C27H20BrN3O5S/c28-17-8-11-19-21-13-20(15-4-2-1-3-5-15)30-31(21)26(36-22(19)12-17)16-6-9-18(10-7-16)35-24(32)14-23-25(33)29-27(34)37-23/h1-12,21,23,26H,13-14H2,(H,29,33,34). The summed E-state index contributed by atoms with van der Waals surface area (Å²) < 4.78 is 12.8. The van der Waals surface area contributed by atoms with E-state index in [0.717, 1.165) is 50.8 Å². The highest BCUT2D eigenvalue weighted by Crippen LogP contribution is 2.48. The molecule has 3 unspecified atom stereocenters. The maximum absolute atomic E-state index is 12.3. The Morgan fingerprint density at radius 2 is 1.89 bits per heavy atom. The molecular formula is C27H20BrN3O5S. The highest BCUT2D eigenvalue weighted by Gasteiger charge is 2.41. The van der Waals surface area contributed by atoms with Crippen LogP contribution in [0.1, 0.15) is 41.8 Å². The summed E-state index contributed by atoms with van der Waals surface area (Å²) in [4.78, 5) is 35.3. The third-order valence-corrected chi connectivity index (χ3v) is 7.85.